The van der Waals surface area contributed by atoms with Crippen LogP contribution in [0.4, 0.5) is 0 Å². The summed E-state index contributed by atoms with van der Waals surface area (Å²) in [4.78, 5) is 0. The Hall–Kier alpha value is -1.11. The minimum atomic E-state index is -3.50. The van der Waals surface area contributed by atoms with E-state index in [0.717, 1.165) is 11.8 Å². The Morgan fingerprint density at radius 1 is 1.40 bits per heavy atom. The lowest BCUT2D eigenvalue weighted by Gasteiger charge is -2.09. The van der Waals surface area contributed by atoms with E-state index in [2.05, 4.69) is 4.18 Å². The van der Waals surface area contributed by atoms with Crippen LogP contribution in [0.3, 0.4) is 0 Å². The summed E-state index contributed by atoms with van der Waals surface area (Å²) in [5, 5.41) is 8.79. The Bertz CT molecular complexity index is 412. The van der Waals surface area contributed by atoms with Crippen molar-refractivity contribution in [3.05, 3.63) is 29.8 Å². The third kappa shape index (κ3) is 3.86. The van der Waals surface area contributed by atoms with Crippen LogP contribution in [0.5, 0.6) is 5.75 Å². The number of hydrogen-bond donors (Lipinski definition) is 2. The first-order valence-electron chi connectivity index (χ1n) is 4.28. The Morgan fingerprint density at radius 2 is 1.93 bits per heavy atom. The summed E-state index contributed by atoms with van der Waals surface area (Å²) >= 11 is 0. The van der Waals surface area contributed by atoms with Gasteiger partial charge < -0.3 is 15.0 Å². The van der Waals surface area contributed by atoms with Gasteiger partial charge in [-0.25, -0.2) is 0 Å². The summed E-state index contributed by atoms with van der Waals surface area (Å²) in [6.45, 7) is -0.160. The fourth-order valence-corrected chi connectivity index (χ4v) is 1.51. The fraction of sp³-hybridized carbons (Fsp3) is 0.333. The first-order chi connectivity index (χ1) is 6.92. The molecule has 1 rings (SSSR count). The third-order valence-electron chi connectivity index (χ3n) is 1.75. The van der Waals surface area contributed by atoms with Gasteiger partial charge in [0.05, 0.1) is 18.9 Å². The van der Waals surface area contributed by atoms with Crippen LogP contribution in [0.15, 0.2) is 24.3 Å². The molecule has 1 unspecified atom stereocenters. The topological polar surface area (TPSA) is 89.6 Å². The van der Waals surface area contributed by atoms with Gasteiger partial charge in [-0.3, -0.25) is 0 Å². The molecular weight excluding hydrogens is 218 g/mol. The first kappa shape index (κ1) is 12.0. The SMILES string of the molecule is CS(=O)(=O)Oc1ccc(C(N)CO)cc1. The van der Waals surface area contributed by atoms with Crippen molar-refractivity contribution in [3.8, 4) is 5.75 Å². The van der Waals surface area contributed by atoms with Crippen LogP contribution in [0.1, 0.15) is 11.6 Å². The molecule has 1 atom stereocenters. The number of hydrogen-bond acceptors (Lipinski definition) is 5. The van der Waals surface area contributed by atoms with Crippen LogP contribution in [-0.4, -0.2) is 26.4 Å². The second-order valence-electron chi connectivity index (χ2n) is 3.15. The monoisotopic (exact) mass is 231 g/mol. The summed E-state index contributed by atoms with van der Waals surface area (Å²) < 4.78 is 26.2. The van der Waals surface area contributed by atoms with Crippen LogP contribution in [0.25, 0.3) is 0 Å². The first-order valence-corrected chi connectivity index (χ1v) is 6.10. The van der Waals surface area contributed by atoms with Crippen molar-refractivity contribution >= 4 is 10.1 Å². The molecule has 0 bridgehead atoms. The van der Waals surface area contributed by atoms with Crippen LogP contribution in [0, 0.1) is 0 Å². The molecule has 0 saturated heterocycles. The predicted octanol–water partition coefficient (Wildman–Crippen LogP) is 0.0171. The molecule has 0 heterocycles. The van der Waals surface area contributed by atoms with Gasteiger partial charge in [-0.1, -0.05) is 12.1 Å². The molecule has 0 amide bonds. The van der Waals surface area contributed by atoms with Gasteiger partial charge in [0.15, 0.2) is 0 Å². The average molecular weight is 231 g/mol. The van der Waals surface area contributed by atoms with Crippen molar-refractivity contribution < 1.29 is 17.7 Å². The Labute approximate surface area is 88.6 Å². The molecule has 84 valence electrons. The van der Waals surface area contributed by atoms with Gasteiger partial charge in [0.1, 0.15) is 5.75 Å². The van der Waals surface area contributed by atoms with Gasteiger partial charge in [0.25, 0.3) is 0 Å². The Morgan fingerprint density at radius 3 is 2.33 bits per heavy atom. The zero-order valence-corrected chi connectivity index (χ0v) is 9.07. The molecule has 0 radical (unpaired) electrons. The largest absolute Gasteiger partial charge is 0.394 e. The lowest BCUT2D eigenvalue weighted by Crippen LogP contribution is -2.14. The summed E-state index contributed by atoms with van der Waals surface area (Å²) in [5.41, 5.74) is 6.28. The molecule has 5 nitrogen and oxygen atoms in total. The molecule has 0 saturated carbocycles. The number of rotatable bonds is 4. The van der Waals surface area contributed by atoms with Gasteiger partial charge in [0.2, 0.25) is 0 Å². The molecule has 0 aliphatic heterocycles. The fourth-order valence-electron chi connectivity index (χ4n) is 1.05. The highest BCUT2D eigenvalue weighted by Crippen LogP contribution is 2.17. The van der Waals surface area contributed by atoms with E-state index in [1.807, 2.05) is 0 Å². The number of aliphatic hydroxyl groups is 1. The smallest absolute Gasteiger partial charge is 0.306 e. The lowest BCUT2D eigenvalue weighted by molar-refractivity contribution is 0.268. The third-order valence-corrected chi connectivity index (χ3v) is 2.25. The maximum atomic E-state index is 10.8. The molecule has 1 aromatic carbocycles. The lowest BCUT2D eigenvalue weighted by atomic mass is 10.1. The highest BCUT2D eigenvalue weighted by atomic mass is 32.2. The van der Waals surface area contributed by atoms with E-state index < -0.39 is 16.2 Å². The van der Waals surface area contributed by atoms with Crippen molar-refractivity contribution in [1.29, 1.82) is 0 Å². The highest BCUT2D eigenvalue weighted by Gasteiger charge is 2.06. The number of aliphatic hydroxyl groups excluding tert-OH is 1. The number of benzene rings is 1. The van der Waals surface area contributed by atoms with Gasteiger partial charge in [0, 0.05) is 0 Å². The molecule has 0 aliphatic rings. The van der Waals surface area contributed by atoms with Crippen molar-refractivity contribution in [1.82, 2.24) is 0 Å². The van der Waals surface area contributed by atoms with Crippen LogP contribution in [-0.2, 0) is 10.1 Å². The second-order valence-corrected chi connectivity index (χ2v) is 4.72. The zero-order valence-electron chi connectivity index (χ0n) is 8.25. The van der Waals surface area contributed by atoms with Crippen molar-refractivity contribution in [2.75, 3.05) is 12.9 Å². The summed E-state index contributed by atoms with van der Waals surface area (Å²) in [6.07, 6.45) is 0.973. The van der Waals surface area contributed by atoms with Gasteiger partial charge in [-0.15, -0.1) is 0 Å². The van der Waals surface area contributed by atoms with E-state index >= 15 is 0 Å². The van der Waals surface area contributed by atoms with Crippen LogP contribution < -0.4 is 9.92 Å². The van der Waals surface area contributed by atoms with E-state index in [-0.39, 0.29) is 12.4 Å². The molecule has 3 N–H and O–H groups in total. The second kappa shape index (κ2) is 4.61. The van der Waals surface area contributed by atoms with E-state index in [1.165, 1.54) is 12.1 Å². The summed E-state index contributed by atoms with van der Waals surface area (Å²) in [6, 6.07) is 5.75. The van der Waals surface area contributed by atoms with Gasteiger partial charge in [-0.2, -0.15) is 8.42 Å². The minimum Gasteiger partial charge on any atom is -0.394 e. The van der Waals surface area contributed by atoms with E-state index in [9.17, 15) is 8.42 Å². The average Bonchev–Trinajstić information content (AvgIpc) is 2.15. The Kier molecular flexibility index (Phi) is 3.67. The standard InChI is InChI=1S/C9H13NO4S/c1-15(12,13)14-8-4-2-7(3-5-8)9(10)6-11/h2-5,9,11H,6,10H2,1H3. The summed E-state index contributed by atoms with van der Waals surface area (Å²) in [7, 11) is -3.50. The molecule has 0 aromatic heterocycles. The van der Waals surface area contributed by atoms with Crippen LogP contribution >= 0.6 is 0 Å². The van der Waals surface area contributed by atoms with Gasteiger partial charge in [-0.05, 0) is 17.7 Å². The molecular formula is C9H13NO4S. The normalized spacial score (nSPS) is 13.5. The quantitative estimate of drug-likeness (QED) is 0.713. The maximum absolute atomic E-state index is 10.8. The highest BCUT2D eigenvalue weighted by molar-refractivity contribution is 7.86. The predicted molar refractivity (Wildman–Crippen MR) is 55.9 cm³/mol. The molecule has 1 aromatic rings. The zero-order chi connectivity index (χ0) is 11.5. The van der Waals surface area contributed by atoms with Gasteiger partial charge >= 0.3 is 10.1 Å². The van der Waals surface area contributed by atoms with E-state index in [0.29, 0.717) is 0 Å². The summed E-state index contributed by atoms with van der Waals surface area (Å²) in [5.74, 6) is 0.228. The number of nitrogens with two attached hydrogens (primary N) is 1. The minimum absolute atomic E-state index is 0.160. The molecule has 0 fully saturated rings. The molecule has 6 heteroatoms. The van der Waals surface area contributed by atoms with E-state index in [4.69, 9.17) is 10.8 Å². The van der Waals surface area contributed by atoms with Crippen molar-refractivity contribution in [3.63, 3.8) is 0 Å². The van der Waals surface area contributed by atoms with Crippen molar-refractivity contribution in [2.24, 2.45) is 5.73 Å². The van der Waals surface area contributed by atoms with Crippen molar-refractivity contribution in [2.45, 2.75) is 6.04 Å². The maximum Gasteiger partial charge on any atom is 0.306 e. The van der Waals surface area contributed by atoms with Crippen LogP contribution in [0.2, 0.25) is 0 Å². The molecule has 0 spiro atoms. The Balaban J connectivity index is 2.81. The molecule has 15 heavy (non-hydrogen) atoms. The van der Waals surface area contributed by atoms with E-state index in [1.54, 1.807) is 12.1 Å². The molecule has 0 aliphatic carbocycles.